The van der Waals surface area contributed by atoms with Crippen LogP contribution in [-0.2, 0) is 0 Å². The lowest BCUT2D eigenvalue weighted by molar-refractivity contribution is -0.387. The summed E-state index contributed by atoms with van der Waals surface area (Å²) in [6, 6.07) is 11.5. The molecular weight excluding hydrogens is 251 g/mol. The number of hydrogen-bond acceptors (Lipinski definition) is 4. The highest BCUT2D eigenvalue weighted by molar-refractivity contribution is 5.41. The van der Waals surface area contributed by atoms with Crippen LogP contribution in [-0.4, -0.2) is 4.92 Å². The average molecular weight is 258 g/mol. The van der Waals surface area contributed by atoms with Crippen molar-refractivity contribution in [2.75, 3.05) is 0 Å². The van der Waals surface area contributed by atoms with E-state index in [4.69, 9.17) is 10.00 Å². The van der Waals surface area contributed by atoms with Crippen LogP contribution in [0.4, 0.5) is 10.1 Å². The molecule has 0 saturated carbocycles. The Bertz CT molecular complexity index is 663. The molecule has 0 unspecified atom stereocenters. The summed E-state index contributed by atoms with van der Waals surface area (Å²) < 4.78 is 18.7. The van der Waals surface area contributed by atoms with Crippen LogP contribution in [0.5, 0.6) is 11.5 Å². The Morgan fingerprint density at radius 3 is 2.32 bits per heavy atom. The molecule has 2 rings (SSSR count). The van der Waals surface area contributed by atoms with Crippen molar-refractivity contribution in [3.05, 3.63) is 64.0 Å². The summed E-state index contributed by atoms with van der Waals surface area (Å²) in [6.45, 7) is 0. The van der Waals surface area contributed by atoms with E-state index in [1.54, 1.807) is 24.3 Å². The van der Waals surface area contributed by atoms with Gasteiger partial charge in [0.25, 0.3) is 0 Å². The third-order valence-corrected chi connectivity index (χ3v) is 2.33. The predicted octanol–water partition coefficient (Wildman–Crippen LogP) is 3.40. The number of ether oxygens (including phenoxy) is 1. The van der Waals surface area contributed by atoms with Gasteiger partial charge in [-0.25, -0.2) is 0 Å². The minimum Gasteiger partial charge on any atom is -0.457 e. The Morgan fingerprint density at radius 1 is 1.16 bits per heavy atom. The highest BCUT2D eigenvalue weighted by atomic mass is 19.1. The van der Waals surface area contributed by atoms with Crippen molar-refractivity contribution < 1.29 is 14.1 Å². The monoisotopic (exact) mass is 258 g/mol. The fourth-order valence-electron chi connectivity index (χ4n) is 1.43. The van der Waals surface area contributed by atoms with Crippen molar-refractivity contribution in [3.8, 4) is 17.6 Å². The van der Waals surface area contributed by atoms with Gasteiger partial charge in [0.15, 0.2) is 0 Å². The molecule has 0 N–H and O–H groups in total. The van der Waals surface area contributed by atoms with Crippen molar-refractivity contribution in [2.24, 2.45) is 0 Å². The lowest BCUT2D eigenvalue weighted by atomic mass is 10.2. The van der Waals surface area contributed by atoms with E-state index >= 15 is 0 Å². The van der Waals surface area contributed by atoms with Crippen LogP contribution in [0.2, 0.25) is 0 Å². The molecule has 0 aliphatic carbocycles. The molecule has 2 aromatic rings. The fourth-order valence-corrected chi connectivity index (χ4v) is 1.43. The number of rotatable bonds is 3. The third-order valence-electron chi connectivity index (χ3n) is 2.33. The maximum atomic E-state index is 13.4. The third kappa shape index (κ3) is 2.84. The van der Waals surface area contributed by atoms with Crippen molar-refractivity contribution in [3.63, 3.8) is 0 Å². The maximum Gasteiger partial charge on any atom is 0.305 e. The standard InChI is InChI=1S/C13H7FN2O3/c14-12-7-11(5-6-13(12)16(17)18)19-10-3-1-9(8-15)2-4-10/h1-7H. The Labute approximate surface area is 107 Å². The summed E-state index contributed by atoms with van der Waals surface area (Å²) in [5.41, 5.74) is -0.130. The van der Waals surface area contributed by atoms with Crippen LogP contribution in [0.25, 0.3) is 0 Å². The molecule has 0 amide bonds. The molecule has 0 aromatic heterocycles. The Balaban J connectivity index is 2.21. The van der Waals surface area contributed by atoms with E-state index in [2.05, 4.69) is 0 Å². The number of hydrogen-bond donors (Lipinski definition) is 0. The number of nitro benzene ring substituents is 1. The molecule has 2 aromatic carbocycles. The smallest absolute Gasteiger partial charge is 0.305 e. The molecule has 5 nitrogen and oxygen atoms in total. The lowest BCUT2D eigenvalue weighted by Gasteiger charge is -2.05. The Hall–Kier alpha value is -2.94. The summed E-state index contributed by atoms with van der Waals surface area (Å²) >= 11 is 0. The first-order chi connectivity index (χ1) is 9.10. The summed E-state index contributed by atoms with van der Waals surface area (Å²) in [5.74, 6) is -0.406. The molecule has 0 heterocycles. The number of halogens is 1. The average Bonchev–Trinajstić information content (AvgIpc) is 2.39. The molecule has 0 aliphatic heterocycles. The highest BCUT2D eigenvalue weighted by Crippen LogP contribution is 2.26. The van der Waals surface area contributed by atoms with E-state index in [1.807, 2.05) is 6.07 Å². The molecule has 94 valence electrons. The van der Waals surface area contributed by atoms with E-state index in [1.165, 1.54) is 6.07 Å². The lowest BCUT2D eigenvalue weighted by Crippen LogP contribution is -1.93. The minimum atomic E-state index is -0.962. The zero-order valence-electron chi connectivity index (χ0n) is 9.54. The van der Waals surface area contributed by atoms with E-state index in [0.717, 1.165) is 12.1 Å². The topological polar surface area (TPSA) is 76.2 Å². The fraction of sp³-hybridized carbons (Fsp3) is 0. The first-order valence-electron chi connectivity index (χ1n) is 5.22. The second-order valence-electron chi connectivity index (χ2n) is 3.61. The Morgan fingerprint density at radius 2 is 1.79 bits per heavy atom. The van der Waals surface area contributed by atoms with Gasteiger partial charge in [-0.3, -0.25) is 10.1 Å². The molecule has 0 aliphatic rings. The molecule has 0 saturated heterocycles. The minimum absolute atomic E-state index is 0.146. The van der Waals surface area contributed by atoms with Gasteiger partial charge in [0.1, 0.15) is 11.5 Å². The highest BCUT2D eigenvalue weighted by Gasteiger charge is 2.14. The second kappa shape index (κ2) is 5.14. The number of benzene rings is 2. The maximum absolute atomic E-state index is 13.4. The quantitative estimate of drug-likeness (QED) is 0.624. The summed E-state index contributed by atoms with van der Waals surface area (Å²) in [5, 5.41) is 19.1. The van der Waals surface area contributed by atoms with Gasteiger partial charge in [-0.1, -0.05) is 0 Å². The van der Waals surface area contributed by atoms with Crippen molar-refractivity contribution in [2.45, 2.75) is 0 Å². The predicted molar refractivity (Wildman–Crippen MR) is 64.3 cm³/mol. The van der Waals surface area contributed by atoms with Crippen molar-refractivity contribution in [1.82, 2.24) is 0 Å². The number of nitro groups is 1. The Kier molecular flexibility index (Phi) is 3.39. The molecule has 0 fully saturated rings. The van der Waals surface area contributed by atoms with Crippen LogP contribution in [0.1, 0.15) is 5.56 Å². The molecule has 0 bridgehead atoms. The van der Waals surface area contributed by atoms with Crippen LogP contribution < -0.4 is 4.74 Å². The molecule has 19 heavy (non-hydrogen) atoms. The zero-order valence-corrected chi connectivity index (χ0v) is 9.54. The first kappa shape index (κ1) is 12.5. The molecule has 0 spiro atoms. The second-order valence-corrected chi connectivity index (χ2v) is 3.61. The number of nitriles is 1. The van der Waals surface area contributed by atoms with Crippen LogP contribution in [0.3, 0.4) is 0 Å². The molecule has 0 radical (unpaired) electrons. The van der Waals surface area contributed by atoms with Gasteiger partial charge in [-0.2, -0.15) is 9.65 Å². The van der Waals surface area contributed by atoms with Crippen LogP contribution in [0.15, 0.2) is 42.5 Å². The largest absolute Gasteiger partial charge is 0.457 e. The number of nitrogens with zero attached hydrogens (tertiary/aromatic N) is 2. The van der Waals surface area contributed by atoms with E-state index in [9.17, 15) is 14.5 Å². The summed E-state index contributed by atoms with van der Waals surface area (Å²) in [6.07, 6.45) is 0. The normalized spacial score (nSPS) is 9.68. The van der Waals surface area contributed by atoms with Gasteiger partial charge in [-0.15, -0.1) is 0 Å². The van der Waals surface area contributed by atoms with E-state index in [0.29, 0.717) is 11.3 Å². The zero-order chi connectivity index (χ0) is 13.8. The SMILES string of the molecule is N#Cc1ccc(Oc2ccc([N+](=O)[O-])c(F)c2)cc1. The van der Waals surface area contributed by atoms with Crippen LogP contribution >= 0.6 is 0 Å². The van der Waals surface area contributed by atoms with Gasteiger partial charge in [0.2, 0.25) is 5.82 Å². The molecule has 0 atom stereocenters. The van der Waals surface area contributed by atoms with Gasteiger partial charge >= 0.3 is 5.69 Å². The van der Waals surface area contributed by atoms with Gasteiger partial charge in [0.05, 0.1) is 16.6 Å². The van der Waals surface area contributed by atoms with Crippen molar-refractivity contribution >= 4 is 5.69 Å². The van der Waals surface area contributed by atoms with E-state index in [-0.39, 0.29) is 5.75 Å². The van der Waals surface area contributed by atoms with Gasteiger partial charge in [-0.05, 0) is 30.3 Å². The summed E-state index contributed by atoms with van der Waals surface area (Å²) in [7, 11) is 0. The van der Waals surface area contributed by atoms with E-state index < -0.39 is 16.4 Å². The summed E-state index contributed by atoms with van der Waals surface area (Å²) in [4.78, 5) is 9.65. The van der Waals surface area contributed by atoms with Gasteiger partial charge in [0, 0.05) is 12.1 Å². The van der Waals surface area contributed by atoms with Gasteiger partial charge < -0.3 is 4.74 Å². The van der Waals surface area contributed by atoms with Crippen molar-refractivity contribution in [1.29, 1.82) is 5.26 Å². The molecule has 6 heteroatoms. The van der Waals surface area contributed by atoms with Crippen LogP contribution in [0, 0.1) is 27.3 Å². The molecular formula is C13H7FN2O3. The first-order valence-corrected chi connectivity index (χ1v) is 5.22.